The van der Waals surface area contributed by atoms with Crippen LogP contribution in [0.3, 0.4) is 0 Å². The highest BCUT2D eigenvalue weighted by Gasteiger charge is 2.14. The molecule has 0 radical (unpaired) electrons. The smallest absolute Gasteiger partial charge is 0.251 e. The largest absolute Gasteiger partial charge is 0.476 e. The standard InChI is InChI=1S/C24H34N6O3/c1-3-4-5-6-7-9-17(2)15-33-23-20-21(27-16-26-20)29-24(30-23)28-19-11-8-10-18(14-19)22(32)25-12-13-31/h8,10-11,14,16-17,31H,3-7,9,12-13,15H2,1-2H3,(H,25,32)(H2,26,27,28,29,30). The summed E-state index contributed by atoms with van der Waals surface area (Å²) in [5.41, 5.74) is 2.30. The van der Waals surface area contributed by atoms with E-state index >= 15 is 0 Å². The second-order valence-electron chi connectivity index (χ2n) is 8.26. The second-order valence-corrected chi connectivity index (χ2v) is 8.26. The van der Waals surface area contributed by atoms with Gasteiger partial charge < -0.3 is 25.5 Å². The van der Waals surface area contributed by atoms with Gasteiger partial charge >= 0.3 is 0 Å². The van der Waals surface area contributed by atoms with E-state index in [1.165, 1.54) is 32.1 Å². The molecule has 0 saturated carbocycles. The molecule has 0 aliphatic carbocycles. The summed E-state index contributed by atoms with van der Waals surface area (Å²) >= 11 is 0. The minimum Gasteiger partial charge on any atom is -0.476 e. The highest BCUT2D eigenvalue weighted by atomic mass is 16.5. The fraction of sp³-hybridized carbons (Fsp3) is 0.500. The molecule has 178 valence electrons. The number of hydrogen-bond donors (Lipinski definition) is 4. The lowest BCUT2D eigenvalue weighted by atomic mass is 10.0. The lowest BCUT2D eigenvalue weighted by Crippen LogP contribution is -2.26. The third-order valence-electron chi connectivity index (χ3n) is 5.34. The zero-order chi connectivity index (χ0) is 23.5. The minimum absolute atomic E-state index is 0.110. The van der Waals surface area contributed by atoms with Crippen LogP contribution in [0.15, 0.2) is 30.6 Å². The summed E-state index contributed by atoms with van der Waals surface area (Å²) in [5, 5.41) is 14.7. The van der Waals surface area contributed by atoms with Crippen molar-refractivity contribution >= 4 is 28.7 Å². The van der Waals surface area contributed by atoms with Crippen molar-refractivity contribution < 1.29 is 14.6 Å². The van der Waals surface area contributed by atoms with Crippen LogP contribution >= 0.6 is 0 Å². The van der Waals surface area contributed by atoms with Gasteiger partial charge in [-0.25, -0.2) is 4.98 Å². The van der Waals surface area contributed by atoms with E-state index in [9.17, 15) is 4.79 Å². The number of ether oxygens (including phenoxy) is 1. The van der Waals surface area contributed by atoms with Crippen LogP contribution < -0.4 is 15.4 Å². The van der Waals surface area contributed by atoms with Gasteiger partial charge in [0.25, 0.3) is 5.91 Å². The molecule has 33 heavy (non-hydrogen) atoms. The first kappa shape index (κ1) is 24.4. The number of aromatic amines is 1. The number of carbonyl (C=O) groups is 1. The summed E-state index contributed by atoms with van der Waals surface area (Å²) in [6, 6.07) is 6.99. The van der Waals surface area contributed by atoms with Crippen LogP contribution in [-0.2, 0) is 0 Å². The molecule has 0 aliphatic rings. The number of fused-ring (bicyclic) bond motifs is 1. The Kier molecular flexibility index (Phi) is 9.44. The highest BCUT2D eigenvalue weighted by Crippen LogP contribution is 2.24. The van der Waals surface area contributed by atoms with Crippen LogP contribution in [0.4, 0.5) is 11.6 Å². The number of H-pyrrole nitrogens is 1. The van der Waals surface area contributed by atoms with Gasteiger partial charge in [0.1, 0.15) is 5.52 Å². The molecule has 0 aliphatic heterocycles. The van der Waals surface area contributed by atoms with Gasteiger partial charge in [-0.15, -0.1) is 0 Å². The molecule has 4 N–H and O–H groups in total. The number of amides is 1. The molecular weight excluding hydrogens is 420 g/mol. The van der Waals surface area contributed by atoms with Crippen molar-refractivity contribution in [2.75, 3.05) is 25.1 Å². The summed E-state index contributed by atoms with van der Waals surface area (Å²) in [5.74, 6) is 0.952. The van der Waals surface area contributed by atoms with Crippen LogP contribution in [-0.4, -0.2) is 50.7 Å². The first-order valence-corrected chi connectivity index (χ1v) is 11.7. The number of aliphatic hydroxyl groups is 1. The predicted octanol–water partition coefficient (Wildman–Crippen LogP) is 4.19. The molecule has 1 aromatic carbocycles. The normalized spacial score (nSPS) is 12.0. The Bertz CT molecular complexity index is 1020. The molecule has 1 unspecified atom stereocenters. The molecule has 1 atom stereocenters. The zero-order valence-electron chi connectivity index (χ0n) is 19.4. The number of benzene rings is 1. The summed E-state index contributed by atoms with van der Waals surface area (Å²) in [6.07, 6.45) is 9.02. The fourth-order valence-electron chi connectivity index (χ4n) is 3.51. The Balaban J connectivity index is 1.65. The minimum atomic E-state index is -0.260. The van der Waals surface area contributed by atoms with Crippen LogP contribution in [0.5, 0.6) is 5.88 Å². The number of nitrogens with zero attached hydrogens (tertiary/aromatic N) is 3. The van der Waals surface area contributed by atoms with Gasteiger partial charge in [0, 0.05) is 17.8 Å². The molecular formula is C24H34N6O3. The molecule has 2 heterocycles. The van der Waals surface area contributed by atoms with Crippen LogP contribution in [0.1, 0.15) is 62.7 Å². The van der Waals surface area contributed by atoms with E-state index in [1.807, 2.05) is 6.07 Å². The lowest BCUT2D eigenvalue weighted by Gasteiger charge is -2.14. The van der Waals surface area contributed by atoms with E-state index in [-0.39, 0.29) is 19.1 Å². The number of carbonyl (C=O) groups excluding carboxylic acids is 1. The Hall–Kier alpha value is -3.20. The van der Waals surface area contributed by atoms with Crippen LogP contribution in [0.2, 0.25) is 0 Å². The SMILES string of the molecule is CCCCCCCC(C)COc1nc(Nc2cccc(C(=O)NCCO)c2)nc2nc[nH]c12. The number of aromatic nitrogens is 4. The Morgan fingerprint density at radius 1 is 1.21 bits per heavy atom. The number of hydrogen-bond acceptors (Lipinski definition) is 7. The zero-order valence-corrected chi connectivity index (χ0v) is 19.4. The second kappa shape index (κ2) is 12.7. The maximum absolute atomic E-state index is 12.2. The first-order valence-electron chi connectivity index (χ1n) is 11.7. The number of aliphatic hydroxyl groups excluding tert-OH is 1. The number of anilines is 2. The topological polar surface area (TPSA) is 125 Å². The molecule has 9 nitrogen and oxygen atoms in total. The number of imidazole rings is 1. The van der Waals surface area contributed by atoms with Gasteiger partial charge in [-0.05, 0) is 30.5 Å². The van der Waals surface area contributed by atoms with Crippen molar-refractivity contribution in [2.45, 2.75) is 52.4 Å². The van der Waals surface area contributed by atoms with E-state index in [2.05, 4.69) is 44.4 Å². The quantitative estimate of drug-likeness (QED) is 0.269. The molecule has 1 amide bonds. The molecule has 0 saturated heterocycles. The van der Waals surface area contributed by atoms with Crippen molar-refractivity contribution in [3.05, 3.63) is 36.2 Å². The Morgan fingerprint density at radius 3 is 2.88 bits per heavy atom. The maximum Gasteiger partial charge on any atom is 0.251 e. The van der Waals surface area contributed by atoms with Crippen LogP contribution in [0.25, 0.3) is 11.2 Å². The number of rotatable bonds is 14. The van der Waals surface area contributed by atoms with Crippen molar-refractivity contribution in [1.29, 1.82) is 0 Å². The summed E-state index contributed by atoms with van der Waals surface area (Å²) in [6.45, 7) is 5.08. The average molecular weight is 455 g/mol. The summed E-state index contributed by atoms with van der Waals surface area (Å²) < 4.78 is 6.05. The van der Waals surface area contributed by atoms with Gasteiger partial charge in [0.05, 0.1) is 19.5 Å². The van der Waals surface area contributed by atoms with E-state index in [1.54, 1.807) is 24.5 Å². The third-order valence-corrected chi connectivity index (χ3v) is 5.34. The molecule has 3 rings (SSSR count). The molecule has 9 heteroatoms. The van der Waals surface area contributed by atoms with Gasteiger partial charge in [-0.3, -0.25) is 4.79 Å². The molecule has 2 aromatic heterocycles. The van der Waals surface area contributed by atoms with Gasteiger partial charge in [-0.1, -0.05) is 52.0 Å². The van der Waals surface area contributed by atoms with Crippen LogP contribution in [0, 0.1) is 5.92 Å². The first-order chi connectivity index (χ1) is 16.1. The fourth-order valence-corrected chi connectivity index (χ4v) is 3.51. The molecule has 0 fully saturated rings. The molecule has 3 aromatic rings. The monoisotopic (exact) mass is 454 g/mol. The molecule has 0 bridgehead atoms. The van der Waals surface area contributed by atoms with Crippen molar-refractivity contribution in [1.82, 2.24) is 25.3 Å². The van der Waals surface area contributed by atoms with E-state index in [0.717, 1.165) is 6.42 Å². The molecule has 0 spiro atoms. The van der Waals surface area contributed by atoms with Gasteiger partial charge in [0.2, 0.25) is 11.8 Å². The van der Waals surface area contributed by atoms with E-state index in [0.29, 0.717) is 46.8 Å². The Labute approximate surface area is 194 Å². The number of nitrogens with one attached hydrogen (secondary N) is 3. The van der Waals surface area contributed by atoms with Gasteiger partial charge in [-0.2, -0.15) is 9.97 Å². The van der Waals surface area contributed by atoms with Crippen molar-refractivity contribution in [3.63, 3.8) is 0 Å². The lowest BCUT2D eigenvalue weighted by molar-refractivity contribution is 0.0945. The number of unbranched alkanes of at least 4 members (excludes halogenated alkanes) is 4. The van der Waals surface area contributed by atoms with Gasteiger partial charge in [0.15, 0.2) is 5.65 Å². The maximum atomic E-state index is 12.2. The van der Waals surface area contributed by atoms with E-state index in [4.69, 9.17) is 9.84 Å². The summed E-state index contributed by atoms with van der Waals surface area (Å²) in [4.78, 5) is 28.4. The van der Waals surface area contributed by atoms with Crippen molar-refractivity contribution in [3.8, 4) is 5.88 Å². The summed E-state index contributed by atoms with van der Waals surface area (Å²) in [7, 11) is 0. The average Bonchev–Trinajstić information content (AvgIpc) is 3.30. The third kappa shape index (κ3) is 7.42. The highest BCUT2D eigenvalue weighted by molar-refractivity contribution is 5.95. The van der Waals surface area contributed by atoms with Crippen molar-refractivity contribution in [2.24, 2.45) is 5.92 Å². The van der Waals surface area contributed by atoms with E-state index < -0.39 is 0 Å². The Morgan fingerprint density at radius 2 is 2.06 bits per heavy atom. The predicted molar refractivity (Wildman–Crippen MR) is 129 cm³/mol.